The number of hydrogen-bond donors (Lipinski definition) is 1. The number of aliphatic carboxylic acids is 1. The standard InChI is InChI=1S/C10H7NO2S2/c12-10(13)8(9-2-1-3-14-9)4-7-5-11-6-15-7/h1-6H,(H,12,13)/b8-4+. The Bertz CT molecular complexity index is 472. The molecule has 0 aromatic carbocycles. The minimum absolute atomic E-state index is 0.314. The lowest BCUT2D eigenvalue weighted by atomic mass is 10.2. The predicted octanol–water partition coefficient (Wildman–Crippen LogP) is 2.83. The van der Waals surface area contributed by atoms with Crippen LogP contribution in [0.5, 0.6) is 0 Å². The summed E-state index contributed by atoms with van der Waals surface area (Å²) in [6, 6.07) is 3.63. The van der Waals surface area contributed by atoms with Gasteiger partial charge < -0.3 is 5.11 Å². The van der Waals surface area contributed by atoms with Gasteiger partial charge in [0.05, 0.1) is 11.1 Å². The van der Waals surface area contributed by atoms with Gasteiger partial charge in [0, 0.05) is 16.0 Å². The van der Waals surface area contributed by atoms with Crippen molar-refractivity contribution in [1.29, 1.82) is 0 Å². The molecule has 2 aromatic heterocycles. The third-order valence-electron chi connectivity index (χ3n) is 1.76. The summed E-state index contributed by atoms with van der Waals surface area (Å²) in [7, 11) is 0. The third kappa shape index (κ3) is 2.31. The Morgan fingerprint density at radius 2 is 2.33 bits per heavy atom. The first-order chi connectivity index (χ1) is 7.27. The summed E-state index contributed by atoms with van der Waals surface area (Å²) in [4.78, 5) is 16.6. The van der Waals surface area contributed by atoms with Crippen molar-refractivity contribution >= 4 is 40.3 Å². The largest absolute Gasteiger partial charge is 0.478 e. The molecule has 5 heteroatoms. The Kier molecular flexibility index (Phi) is 2.94. The number of thiophene rings is 1. The number of carboxylic acids is 1. The molecule has 0 saturated carbocycles. The summed E-state index contributed by atoms with van der Waals surface area (Å²) in [5, 5.41) is 10.9. The second kappa shape index (κ2) is 4.37. The highest BCUT2D eigenvalue weighted by Gasteiger charge is 2.11. The molecule has 0 bridgehead atoms. The van der Waals surface area contributed by atoms with Crippen LogP contribution in [0.15, 0.2) is 29.2 Å². The van der Waals surface area contributed by atoms with Gasteiger partial charge in [-0.3, -0.25) is 4.98 Å². The minimum atomic E-state index is -0.911. The van der Waals surface area contributed by atoms with Crippen LogP contribution in [0.3, 0.4) is 0 Å². The van der Waals surface area contributed by atoms with Crippen molar-refractivity contribution in [2.75, 3.05) is 0 Å². The van der Waals surface area contributed by atoms with Crippen LogP contribution in [-0.4, -0.2) is 16.1 Å². The predicted molar refractivity (Wildman–Crippen MR) is 61.9 cm³/mol. The maximum atomic E-state index is 11.0. The van der Waals surface area contributed by atoms with Gasteiger partial charge in [0.1, 0.15) is 0 Å². The van der Waals surface area contributed by atoms with Gasteiger partial charge in [0.25, 0.3) is 0 Å². The van der Waals surface area contributed by atoms with Crippen molar-refractivity contribution in [3.05, 3.63) is 39.0 Å². The van der Waals surface area contributed by atoms with Crippen LogP contribution in [0.25, 0.3) is 11.6 Å². The van der Waals surface area contributed by atoms with E-state index < -0.39 is 5.97 Å². The van der Waals surface area contributed by atoms with Gasteiger partial charge in [-0.05, 0) is 17.5 Å². The van der Waals surface area contributed by atoms with Crippen molar-refractivity contribution in [3.8, 4) is 0 Å². The number of nitrogens with zero attached hydrogens (tertiary/aromatic N) is 1. The highest BCUT2D eigenvalue weighted by molar-refractivity contribution is 7.12. The summed E-state index contributed by atoms with van der Waals surface area (Å²) in [5.41, 5.74) is 1.99. The Hall–Kier alpha value is -1.46. The number of hydrogen-bond acceptors (Lipinski definition) is 4. The highest BCUT2D eigenvalue weighted by Crippen LogP contribution is 2.24. The maximum Gasteiger partial charge on any atom is 0.337 e. The average Bonchev–Trinajstić information content (AvgIpc) is 2.87. The molecule has 0 aliphatic rings. The number of thiazole rings is 1. The van der Waals surface area contributed by atoms with E-state index in [2.05, 4.69) is 4.98 Å². The first-order valence-electron chi connectivity index (χ1n) is 4.15. The molecule has 0 spiro atoms. The van der Waals surface area contributed by atoms with E-state index in [4.69, 9.17) is 5.11 Å². The number of carboxylic acid groups (broad SMARTS) is 1. The van der Waals surface area contributed by atoms with E-state index in [0.717, 1.165) is 9.75 Å². The van der Waals surface area contributed by atoms with E-state index in [0.29, 0.717) is 5.57 Å². The maximum absolute atomic E-state index is 11.0. The molecule has 0 atom stereocenters. The first-order valence-corrected chi connectivity index (χ1v) is 5.90. The van der Waals surface area contributed by atoms with Crippen LogP contribution < -0.4 is 0 Å². The van der Waals surface area contributed by atoms with Crippen LogP contribution >= 0.6 is 22.7 Å². The SMILES string of the molecule is O=C(O)/C(=C/c1cncs1)c1cccs1. The number of aromatic nitrogens is 1. The molecule has 0 aliphatic heterocycles. The monoisotopic (exact) mass is 237 g/mol. The second-order valence-corrected chi connectivity index (χ2v) is 4.61. The van der Waals surface area contributed by atoms with Gasteiger partial charge >= 0.3 is 5.97 Å². The van der Waals surface area contributed by atoms with E-state index in [9.17, 15) is 4.79 Å². The van der Waals surface area contributed by atoms with E-state index in [1.165, 1.54) is 22.7 Å². The molecule has 0 fully saturated rings. The normalized spacial score (nSPS) is 11.6. The smallest absolute Gasteiger partial charge is 0.337 e. The van der Waals surface area contributed by atoms with Crippen LogP contribution in [0.2, 0.25) is 0 Å². The van der Waals surface area contributed by atoms with Gasteiger partial charge in [0.15, 0.2) is 0 Å². The van der Waals surface area contributed by atoms with Gasteiger partial charge in [0.2, 0.25) is 0 Å². The van der Waals surface area contributed by atoms with Crippen molar-refractivity contribution in [2.45, 2.75) is 0 Å². The van der Waals surface area contributed by atoms with Crippen molar-refractivity contribution < 1.29 is 9.90 Å². The lowest BCUT2D eigenvalue weighted by molar-refractivity contribution is -0.130. The number of rotatable bonds is 3. The van der Waals surface area contributed by atoms with Crippen LogP contribution in [-0.2, 0) is 4.79 Å². The van der Waals surface area contributed by atoms with Crippen molar-refractivity contribution in [3.63, 3.8) is 0 Å². The van der Waals surface area contributed by atoms with Gasteiger partial charge in [-0.25, -0.2) is 4.79 Å². The molecular formula is C10H7NO2S2. The Balaban J connectivity index is 2.41. The fraction of sp³-hybridized carbons (Fsp3) is 0. The van der Waals surface area contributed by atoms with Crippen molar-refractivity contribution in [1.82, 2.24) is 4.98 Å². The summed E-state index contributed by atoms with van der Waals surface area (Å²) in [5.74, 6) is -0.911. The third-order valence-corrected chi connectivity index (χ3v) is 3.38. The fourth-order valence-electron chi connectivity index (χ4n) is 1.11. The molecule has 0 aliphatic carbocycles. The highest BCUT2D eigenvalue weighted by atomic mass is 32.1. The molecule has 0 radical (unpaired) electrons. The van der Waals surface area contributed by atoms with E-state index in [1.807, 2.05) is 11.4 Å². The van der Waals surface area contributed by atoms with E-state index in [-0.39, 0.29) is 0 Å². The van der Waals surface area contributed by atoms with Crippen LogP contribution in [0.1, 0.15) is 9.75 Å². The number of carbonyl (C=O) groups is 1. The molecule has 76 valence electrons. The van der Waals surface area contributed by atoms with Crippen LogP contribution in [0.4, 0.5) is 0 Å². The lowest BCUT2D eigenvalue weighted by Gasteiger charge is -1.96. The molecule has 15 heavy (non-hydrogen) atoms. The zero-order valence-corrected chi connectivity index (χ0v) is 9.22. The quantitative estimate of drug-likeness (QED) is 0.835. The minimum Gasteiger partial charge on any atom is -0.478 e. The van der Waals surface area contributed by atoms with E-state index in [1.54, 1.807) is 23.8 Å². The molecule has 0 amide bonds. The fourth-order valence-corrected chi connectivity index (χ4v) is 2.39. The summed E-state index contributed by atoms with van der Waals surface area (Å²) in [6.45, 7) is 0. The molecule has 3 nitrogen and oxygen atoms in total. The second-order valence-electron chi connectivity index (χ2n) is 2.74. The Labute approximate surface area is 94.3 Å². The first kappa shape index (κ1) is 10.1. The van der Waals surface area contributed by atoms with Gasteiger partial charge in [-0.1, -0.05) is 6.07 Å². The van der Waals surface area contributed by atoms with E-state index >= 15 is 0 Å². The molecule has 0 saturated heterocycles. The van der Waals surface area contributed by atoms with Gasteiger partial charge in [-0.15, -0.1) is 22.7 Å². The molecule has 2 aromatic rings. The molecule has 2 heterocycles. The van der Waals surface area contributed by atoms with Crippen LogP contribution in [0, 0.1) is 0 Å². The topological polar surface area (TPSA) is 50.2 Å². The van der Waals surface area contributed by atoms with Crippen molar-refractivity contribution in [2.24, 2.45) is 0 Å². The molecule has 0 unspecified atom stereocenters. The summed E-state index contributed by atoms with van der Waals surface area (Å²) in [6.07, 6.45) is 3.30. The summed E-state index contributed by atoms with van der Waals surface area (Å²) < 4.78 is 0. The molecular weight excluding hydrogens is 230 g/mol. The Morgan fingerprint density at radius 1 is 1.47 bits per heavy atom. The summed E-state index contributed by atoms with van der Waals surface area (Å²) >= 11 is 2.84. The zero-order valence-electron chi connectivity index (χ0n) is 7.58. The lowest BCUT2D eigenvalue weighted by Crippen LogP contribution is -1.97. The molecule has 1 N–H and O–H groups in total. The Morgan fingerprint density at radius 3 is 2.87 bits per heavy atom. The molecule has 2 rings (SSSR count). The zero-order chi connectivity index (χ0) is 10.7. The van der Waals surface area contributed by atoms with Gasteiger partial charge in [-0.2, -0.15) is 0 Å². The average molecular weight is 237 g/mol.